The Morgan fingerprint density at radius 2 is 2.04 bits per heavy atom. The Morgan fingerprint density at radius 3 is 2.61 bits per heavy atom. The predicted molar refractivity (Wildman–Crippen MR) is 90.8 cm³/mol. The van der Waals surface area contributed by atoms with E-state index in [9.17, 15) is 13.2 Å². The van der Waals surface area contributed by atoms with Gasteiger partial charge in [-0.1, -0.05) is 0 Å². The second-order valence-corrected chi connectivity index (χ2v) is 6.85. The lowest BCUT2D eigenvalue weighted by Gasteiger charge is -2.13. The third kappa shape index (κ3) is 5.65. The van der Waals surface area contributed by atoms with E-state index >= 15 is 0 Å². The van der Waals surface area contributed by atoms with Gasteiger partial charge in [-0.25, -0.2) is 13.1 Å². The number of carbonyl (C=O) groups is 1. The second-order valence-electron chi connectivity index (χ2n) is 5.16. The number of benzene rings is 1. The average molecular weight is 364 g/mol. The number of halogens is 1. The average Bonchev–Trinajstić information content (AvgIpc) is 3.28. The van der Waals surface area contributed by atoms with Crippen molar-refractivity contribution in [3.8, 4) is 5.75 Å². The Bertz CT molecular complexity index is 647. The highest BCUT2D eigenvalue weighted by atomic mass is 35.5. The third-order valence-electron chi connectivity index (χ3n) is 3.24. The molecule has 23 heavy (non-hydrogen) atoms. The van der Waals surface area contributed by atoms with Crippen molar-refractivity contribution in [2.45, 2.75) is 30.2 Å². The zero-order valence-electron chi connectivity index (χ0n) is 13.1. The standard InChI is InChI=1S/C14H21N3O4S.ClH/c1-15-8-7-14(18)16-11-5-6-12(21-2)13(9-11)22(19,20)17-10-3-4-10;/h5-6,9-10,15,17H,3-4,7-8H2,1-2H3,(H,16,18);1H. The maximum Gasteiger partial charge on any atom is 0.244 e. The highest BCUT2D eigenvalue weighted by molar-refractivity contribution is 7.89. The molecule has 1 saturated carbocycles. The molecule has 0 radical (unpaired) electrons. The largest absolute Gasteiger partial charge is 0.495 e. The van der Waals surface area contributed by atoms with E-state index in [0.717, 1.165) is 12.8 Å². The first kappa shape index (κ1) is 19.7. The number of nitrogens with one attached hydrogen (secondary N) is 3. The van der Waals surface area contributed by atoms with Crippen LogP contribution < -0.4 is 20.1 Å². The number of hydrogen-bond donors (Lipinski definition) is 3. The Labute approximate surface area is 142 Å². The Kier molecular flexibility index (Phi) is 7.27. The molecule has 7 nitrogen and oxygen atoms in total. The van der Waals surface area contributed by atoms with E-state index in [-0.39, 0.29) is 35.0 Å². The molecular weight excluding hydrogens is 342 g/mol. The van der Waals surface area contributed by atoms with Crippen LogP contribution in [0.1, 0.15) is 19.3 Å². The molecule has 0 aliphatic heterocycles. The van der Waals surface area contributed by atoms with Crippen molar-refractivity contribution in [3.05, 3.63) is 18.2 Å². The highest BCUT2D eigenvalue weighted by Gasteiger charge is 2.30. The summed E-state index contributed by atoms with van der Waals surface area (Å²) in [6, 6.07) is 4.57. The number of methoxy groups -OCH3 is 1. The summed E-state index contributed by atoms with van der Waals surface area (Å²) in [6.07, 6.45) is 2.01. The van der Waals surface area contributed by atoms with Crippen LogP contribution in [-0.2, 0) is 14.8 Å². The van der Waals surface area contributed by atoms with E-state index in [2.05, 4.69) is 15.4 Å². The van der Waals surface area contributed by atoms with E-state index in [1.165, 1.54) is 19.2 Å². The van der Waals surface area contributed by atoms with E-state index in [0.29, 0.717) is 18.7 Å². The summed E-state index contributed by atoms with van der Waals surface area (Å²) in [6.45, 7) is 0.552. The molecule has 2 rings (SSSR count). The lowest BCUT2D eigenvalue weighted by atomic mass is 10.3. The molecule has 1 aromatic carbocycles. The number of carbonyl (C=O) groups excluding carboxylic acids is 1. The molecule has 9 heteroatoms. The van der Waals surface area contributed by atoms with Crippen LogP contribution in [0.3, 0.4) is 0 Å². The van der Waals surface area contributed by atoms with Gasteiger partial charge < -0.3 is 15.4 Å². The van der Waals surface area contributed by atoms with Gasteiger partial charge in [0.1, 0.15) is 10.6 Å². The summed E-state index contributed by atoms with van der Waals surface area (Å²) in [5.74, 6) is 0.0689. The highest BCUT2D eigenvalue weighted by Crippen LogP contribution is 2.29. The number of ether oxygens (including phenoxy) is 1. The second kappa shape index (κ2) is 8.49. The Morgan fingerprint density at radius 1 is 1.35 bits per heavy atom. The zero-order chi connectivity index (χ0) is 16.2. The number of anilines is 1. The molecule has 1 aliphatic rings. The molecule has 0 heterocycles. The van der Waals surface area contributed by atoms with Gasteiger partial charge in [0.15, 0.2) is 0 Å². The predicted octanol–water partition coefficient (Wildman–Crippen LogP) is 1.11. The van der Waals surface area contributed by atoms with Gasteiger partial charge in [0.05, 0.1) is 7.11 Å². The van der Waals surface area contributed by atoms with Crippen molar-refractivity contribution >= 4 is 34.0 Å². The van der Waals surface area contributed by atoms with Gasteiger partial charge in [-0.2, -0.15) is 0 Å². The fourth-order valence-corrected chi connectivity index (χ4v) is 3.41. The van der Waals surface area contributed by atoms with Crippen molar-refractivity contribution in [2.24, 2.45) is 0 Å². The Hall–Kier alpha value is -1.35. The van der Waals surface area contributed by atoms with Crippen LogP contribution in [0.2, 0.25) is 0 Å². The smallest absolute Gasteiger partial charge is 0.244 e. The quantitative estimate of drug-likeness (QED) is 0.642. The minimum atomic E-state index is -3.65. The fourth-order valence-electron chi connectivity index (χ4n) is 1.91. The summed E-state index contributed by atoms with van der Waals surface area (Å²) in [4.78, 5) is 11.8. The molecule has 3 N–H and O–H groups in total. The van der Waals surface area contributed by atoms with Gasteiger partial charge in [-0.3, -0.25) is 4.79 Å². The number of hydrogen-bond acceptors (Lipinski definition) is 5. The minimum absolute atomic E-state index is 0. The summed E-state index contributed by atoms with van der Waals surface area (Å²) in [5, 5.41) is 5.56. The molecule has 0 atom stereocenters. The van der Waals surface area contributed by atoms with Crippen LogP contribution in [0.5, 0.6) is 5.75 Å². The topological polar surface area (TPSA) is 96.5 Å². The summed E-state index contributed by atoms with van der Waals surface area (Å²) >= 11 is 0. The first-order valence-corrected chi connectivity index (χ1v) is 8.59. The molecule has 1 amide bonds. The third-order valence-corrected chi connectivity index (χ3v) is 4.78. The lowest BCUT2D eigenvalue weighted by molar-refractivity contribution is -0.116. The summed E-state index contributed by atoms with van der Waals surface area (Å²) in [7, 11) is -0.482. The van der Waals surface area contributed by atoms with Crippen molar-refractivity contribution in [1.82, 2.24) is 10.0 Å². The van der Waals surface area contributed by atoms with Crippen molar-refractivity contribution < 1.29 is 17.9 Å². The van der Waals surface area contributed by atoms with Crippen LogP contribution in [0, 0.1) is 0 Å². The maximum atomic E-state index is 12.4. The van der Waals surface area contributed by atoms with Gasteiger partial charge in [0.25, 0.3) is 0 Å². The molecule has 1 aromatic rings. The monoisotopic (exact) mass is 363 g/mol. The van der Waals surface area contributed by atoms with E-state index in [1.807, 2.05) is 0 Å². The molecular formula is C14H22ClN3O4S. The minimum Gasteiger partial charge on any atom is -0.495 e. The number of amides is 1. The number of rotatable bonds is 8. The maximum absolute atomic E-state index is 12.4. The van der Waals surface area contributed by atoms with Crippen LogP contribution in [0.25, 0.3) is 0 Å². The molecule has 0 bridgehead atoms. The summed E-state index contributed by atoms with van der Waals surface area (Å²) in [5.41, 5.74) is 0.429. The first-order valence-electron chi connectivity index (χ1n) is 7.11. The molecule has 1 aliphatic carbocycles. The van der Waals surface area contributed by atoms with Crippen molar-refractivity contribution in [3.63, 3.8) is 0 Å². The van der Waals surface area contributed by atoms with Gasteiger partial charge in [-0.05, 0) is 38.1 Å². The SMILES string of the molecule is CNCCC(=O)Nc1ccc(OC)c(S(=O)(=O)NC2CC2)c1.Cl. The molecule has 0 unspecified atom stereocenters. The number of sulfonamides is 1. The molecule has 1 fully saturated rings. The van der Waals surface area contributed by atoms with Gasteiger partial charge in [0, 0.05) is 24.7 Å². The first-order chi connectivity index (χ1) is 10.5. The molecule has 130 valence electrons. The van der Waals surface area contributed by atoms with Crippen LogP contribution in [-0.4, -0.2) is 41.1 Å². The Balaban J connectivity index is 0.00000264. The molecule has 0 saturated heterocycles. The zero-order valence-corrected chi connectivity index (χ0v) is 14.7. The van der Waals surface area contributed by atoms with Gasteiger partial charge in [0.2, 0.25) is 15.9 Å². The van der Waals surface area contributed by atoms with E-state index in [1.54, 1.807) is 13.1 Å². The molecule has 0 aromatic heterocycles. The normalized spacial score (nSPS) is 14.0. The van der Waals surface area contributed by atoms with Crippen LogP contribution in [0.15, 0.2) is 23.1 Å². The molecule has 0 spiro atoms. The van der Waals surface area contributed by atoms with Crippen molar-refractivity contribution in [1.29, 1.82) is 0 Å². The lowest BCUT2D eigenvalue weighted by Crippen LogP contribution is -2.26. The van der Waals surface area contributed by atoms with Gasteiger partial charge in [-0.15, -0.1) is 12.4 Å². The van der Waals surface area contributed by atoms with Crippen LogP contribution >= 0.6 is 12.4 Å². The fraction of sp³-hybridized carbons (Fsp3) is 0.500. The van der Waals surface area contributed by atoms with Crippen molar-refractivity contribution in [2.75, 3.05) is 26.0 Å². The van der Waals surface area contributed by atoms with E-state index in [4.69, 9.17) is 4.74 Å². The van der Waals surface area contributed by atoms with Gasteiger partial charge >= 0.3 is 0 Å². The van der Waals surface area contributed by atoms with Crippen LogP contribution in [0.4, 0.5) is 5.69 Å². The van der Waals surface area contributed by atoms with E-state index < -0.39 is 10.0 Å². The summed E-state index contributed by atoms with van der Waals surface area (Å²) < 4.78 is 32.4.